The van der Waals surface area contributed by atoms with E-state index in [-0.39, 0.29) is 5.95 Å². The van der Waals surface area contributed by atoms with Crippen molar-refractivity contribution in [2.45, 2.75) is 6.54 Å². The minimum atomic E-state index is 0.175. The quantitative estimate of drug-likeness (QED) is 0.697. The number of furan rings is 1. The summed E-state index contributed by atoms with van der Waals surface area (Å²) < 4.78 is 4.94. The maximum absolute atomic E-state index is 5.52. The van der Waals surface area contributed by atoms with Crippen molar-refractivity contribution >= 4 is 17.8 Å². The van der Waals surface area contributed by atoms with Gasteiger partial charge >= 0.3 is 0 Å². The second kappa shape index (κ2) is 4.47. The van der Waals surface area contributed by atoms with Crippen LogP contribution in [-0.4, -0.2) is 22.0 Å². The zero-order chi connectivity index (χ0) is 11.4. The fourth-order valence-corrected chi connectivity index (χ4v) is 1.16. The number of nitrogens with two attached hydrogens (primary N) is 1. The third-order valence-corrected chi connectivity index (χ3v) is 1.91. The molecule has 2 aromatic heterocycles. The van der Waals surface area contributed by atoms with Crippen LogP contribution in [0.2, 0.25) is 0 Å². The first-order chi connectivity index (χ1) is 7.78. The Kier molecular flexibility index (Phi) is 2.86. The molecule has 0 spiro atoms. The molecule has 0 radical (unpaired) electrons. The smallest absolute Gasteiger partial charge is 0.229 e. The molecule has 4 N–H and O–H groups in total. The van der Waals surface area contributed by atoms with Gasteiger partial charge < -0.3 is 20.8 Å². The van der Waals surface area contributed by atoms with E-state index in [2.05, 4.69) is 25.6 Å². The predicted molar refractivity (Wildman–Crippen MR) is 59.8 cm³/mol. The highest BCUT2D eigenvalue weighted by Crippen LogP contribution is 2.08. The monoisotopic (exact) mass is 220 g/mol. The highest BCUT2D eigenvalue weighted by molar-refractivity contribution is 5.39. The molecule has 0 fully saturated rings. The number of anilines is 3. The summed E-state index contributed by atoms with van der Waals surface area (Å²) in [6.45, 7) is 0.573. The van der Waals surface area contributed by atoms with Crippen LogP contribution in [0.5, 0.6) is 0 Å². The first kappa shape index (κ1) is 10.2. The molecule has 2 aromatic rings. The van der Waals surface area contributed by atoms with Gasteiger partial charge in [-0.25, -0.2) is 0 Å². The molecular weight excluding hydrogens is 208 g/mol. The summed E-state index contributed by atoms with van der Waals surface area (Å²) in [7, 11) is 1.72. The van der Waals surface area contributed by atoms with Crippen molar-refractivity contribution in [2.75, 3.05) is 23.4 Å². The fraction of sp³-hybridized carbons (Fsp3) is 0.222. The van der Waals surface area contributed by atoms with Gasteiger partial charge in [-0.2, -0.15) is 15.0 Å². The van der Waals surface area contributed by atoms with Gasteiger partial charge in [0.05, 0.1) is 12.5 Å². The molecule has 2 rings (SSSR count). The second-order valence-corrected chi connectivity index (χ2v) is 3.08. The standard InChI is InChI=1S/C9H12N6O/c1-11-8-13-7(10)14-9(15-8)12-4-6-2-3-16-5-6/h2-3,5H,4H2,1H3,(H4,10,11,12,13,14,15). The first-order valence-electron chi connectivity index (χ1n) is 4.72. The number of hydrogen-bond acceptors (Lipinski definition) is 7. The van der Waals surface area contributed by atoms with Crippen LogP contribution in [0.15, 0.2) is 23.0 Å². The summed E-state index contributed by atoms with van der Waals surface area (Å²) in [5, 5.41) is 5.82. The van der Waals surface area contributed by atoms with Crippen LogP contribution < -0.4 is 16.4 Å². The van der Waals surface area contributed by atoms with Gasteiger partial charge in [0, 0.05) is 19.2 Å². The minimum Gasteiger partial charge on any atom is -0.472 e. The van der Waals surface area contributed by atoms with E-state index in [1.54, 1.807) is 19.6 Å². The normalized spacial score (nSPS) is 10.1. The molecule has 0 aliphatic rings. The Hall–Kier alpha value is -2.31. The van der Waals surface area contributed by atoms with Gasteiger partial charge in [-0.15, -0.1) is 0 Å². The van der Waals surface area contributed by atoms with E-state index >= 15 is 0 Å². The van der Waals surface area contributed by atoms with E-state index in [1.165, 1.54) is 0 Å². The molecule has 0 atom stereocenters. The third-order valence-electron chi connectivity index (χ3n) is 1.91. The average molecular weight is 220 g/mol. The fourth-order valence-electron chi connectivity index (χ4n) is 1.16. The molecule has 0 saturated heterocycles. The van der Waals surface area contributed by atoms with Crippen LogP contribution in [0.3, 0.4) is 0 Å². The largest absolute Gasteiger partial charge is 0.472 e. The van der Waals surface area contributed by atoms with Crippen LogP contribution in [0.4, 0.5) is 17.8 Å². The summed E-state index contributed by atoms with van der Waals surface area (Å²) in [6, 6.07) is 1.86. The molecular formula is C9H12N6O. The maximum Gasteiger partial charge on any atom is 0.229 e. The van der Waals surface area contributed by atoms with Gasteiger partial charge in [0.15, 0.2) is 0 Å². The van der Waals surface area contributed by atoms with Crippen LogP contribution in [0, 0.1) is 0 Å². The molecule has 0 aromatic carbocycles. The molecule has 84 valence electrons. The molecule has 0 aliphatic heterocycles. The Morgan fingerprint density at radius 3 is 2.81 bits per heavy atom. The van der Waals surface area contributed by atoms with E-state index in [0.29, 0.717) is 18.4 Å². The van der Waals surface area contributed by atoms with Crippen LogP contribution in [0.25, 0.3) is 0 Å². The van der Waals surface area contributed by atoms with Gasteiger partial charge in [-0.05, 0) is 6.07 Å². The van der Waals surface area contributed by atoms with E-state index in [0.717, 1.165) is 5.56 Å². The Labute approximate surface area is 92.1 Å². The Morgan fingerprint density at radius 2 is 2.12 bits per heavy atom. The van der Waals surface area contributed by atoms with Gasteiger partial charge in [-0.3, -0.25) is 0 Å². The number of aromatic nitrogens is 3. The minimum absolute atomic E-state index is 0.175. The predicted octanol–water partition coefficient (Wildman–Crippen LogP) is 0.701. The summed E-state index contributed by atoms with van der Waals surface area (Å²) in [5.74, 6) is 1.04. The first-order valence-corrected chi connectivity index (χ1v) is 4.72. The maximum atomic E-state index is 5.52. The van der Waals surface area contributed by atoms with Crippen LogP contribution in [-0.2, 0) is 6.54 Å². The molecule has 0 bridgehead atoms. The lowest BCUT2D eigenvalue weighted by Crippen LogP contribution is -2.09. The van der Waals surface area contributed by atoms with E-state index in [9.17, 15) is 0 Å². The molecule has 0 amide bonds. The third kappa shape index (κ3) is 2.38. The molecule has 2 heterocycles. The molecule has 0 aliphatic carbocycles. The summed E-state index contributed by atoms with van der Waals surface area (Å²) in [4.78, 5) is 11.9. The summed E-state index contributed by atoms with van der Waals surface area (Å²) in [6.07, 6.45) is 3.26. The van der Waals surface area contributed by atoms with Crippen molar-refractivity contribution in [1.82, 2.24) is 15.0 Å². The van der Waals surface area contributed by atoms with Crippen LogP contribution in [0.1, 0.15) is 5.56 Å². The number of nitrogens with zero attached hydrogens (tertiary/aromatic N) is 3. The van der Waals surface area contributed by atoms with Gasteiger partial charge in [-0.1, -0.05) is 0 Å². The van der Waals surface area contributed by atoms with Crippen molar-refractivity contribution in [3.63, 3.8) is 0 Å². The van der Waals surface area contributed by atoms with Gasteiger partial charge in [0.1, 0.15) is 0 Å². The number of nitrogen functional groups attached to an aromatic ring is 1. The highest BCUT2D eigenvalue weighted by Gasteiger charge is 2.02. The lowest BCUT2D eigenvalue weighted by molar-refractivity contribution is 0.564. The van der Waals surface area contributed by atoms with E-state index in [4.69, 9.17) is 10.2 Å². The van der Waals surface area contributed by atoms with Gasteiger partial charge in [0.2, 0.25) is 17.8 Å². The second-order valence-electron chi connectivity index (χ2n) is 3.08. The number of nitrogens with one attached hydrogen (secondary N) is 2. The van der Waals surface area contributed by atoms with Gasteiger partial charge in [0.25, 0.3) is 0 Å². The van der Waals surface area contributed by atoms with E-state index < -0.39 is 0 Å². The zero-order valence-electron chi connectivity index (χ0n) is 8.77. The summed E-state index contributed by atoms with van der Waals surface area (Å²) >= 11 is 0. The Balaban J connectivity index is 2.06. The molecule has 7 nitrogen and oxygen atoms in total. The number of rotatable bonds is 4. The number of hydrogen-bond donors (Lipinski definition) is 3. The van der Waals surface area contributed by atoms with Crippen molar-refractivity contribution in [3.8, 4) is 0 Å². The topological polar surface area (TPSA) is 102 Å². The van der Waals surface area contributed by atoms with Crippen LogP contribution >= 0.6 is 0 Å². The molecule has 7 heteroatoms. The van der Waals surface area contributed by atoms with Crippen molar-refractivity contribution in [3.05, 3.63) is 24.2 Å². The lowest BCUT2D eigenvalue weighted by atomic mass is 10.3. The SMILES string of the molecule is CNc1nc(N)nc(NCc2ccoc2)n1. The average Bonchev–Trinajstić information content (AvgIpc) is 2.78. The lowest BCUT2D eigenvalue weighted by Gasteiger charge is -2.05. The van der Waals surface area contributed by atoms with Crippen molar-refractivity contribution in [2.24, 2.45) is 0 Å². The molecule has 0 unspecified atom stereocenters. The molecule has 16 heavy (non-hydrogen) atoms. The summed E-state index contributed by atoms with van der Waals surface area (Å²) in [5.41, 5.74) is 6.53. The van der Waals surface area contributed by atoms with Crippen molar-refractivity contribution < 1.29 is 4.42 Å². The Bertz CT molecular complexity index is 455. The molecule has 0 saturated carbocycles. The van der Waals surface area contributed by atoms with E-state index in [1.807, 2.05) is 6.07 Å². The highest BCUT2D eigenvalue weighted by atomic mass is 16.3. The zero-order valence-corrected chi connectivity index (χ0v) is 8.77. The Morgan fingerprint density at radius 1 is 1.31 bits per heavy atom. The van der Waals surface area contributed by atoms with Crippen molar-refractivity contribution in [1.29, 1.82) is 0 Å².